The van der Waals surface area contributed by atoms with Crippen LogP contribution in [0, 0.1) is 10.1 Å². The molecule has 15 heavy (non-hydrogen) atoms. The largest absolute Gasteiger partial charge is 0.302 e. The van der Waals surface area contributed by atoms with Crippen molar-refractivity contribution in [1.29, 1.82) is 0 Å². The first-order valence-corrected chi connectivity index (χ1v) is 6.27. The first-order chi connectivity index (χ1) is 7.06. The van der Waals surface area contributed by atoms with E-state index in [1.807, 2.05) is 6.92 Å². The summed E-state index contributed by atoms with van der Waals surface area (Å²) in [5, 5.41) is 10.9. The van der Waals surface area contributed by atoms with Crippen LogP contribution in [0.15, 0.2) is 21.8 Å². The molecule has 0 saturated heterocycles. The van der Waals surface area contributed by atoms with Gasteiger partial charge in [0.15, 0.2) is 0 Å². The van der Waals surface area contributed by atoms with E-state index in [0.717, 1.165) is 0 Å². The third kappa shape index (κ3) is 3.32. The van der Waals surface area contributed by atoms with Crippen LogP contribution in [0.1, 0.15) is 6.92 Å². The summed E-state index contributed by atoms with van der Waals surface area (Å²) in [7, 11) is 0. The highest BCUT2D eigenvalue weighted by Gasteiger charge is 2.19. The van der Waals surface area contributed by atoms with E-state index >= 15 is 0 Å². The number of nitrogens with zero attached hydrogens (tertiary/aromatic N) is 2. The Morgan fingerprint density at radius 2 is 2.40 bits per heavy atom. The molecule has 0 N–H and O–H groups in total. The number of rotatable bonds is 4. The van der Waals surface area contributed by atoms with Crippen LogP contribution in [-0.4, -0.2) is 21.0 Å². The van der Waals surface area contributed by atoms with E-state index in [4.69, 9.17) is 11.6 Å². The van der Waals surface area contributed by atoms with E-state index < -0.39 is 4.92 Å². The number of alkyl halides is 1. The van der Waals surface area contributed by atoms with Crippen molar-refractivity contribution in [3.8, 4) is 0 Å². The van der Waals surface area contributed by atoms with Crippen molar-refractivity contribution in [2.24, 2.45) is 0 Å². The minimum Gasteiger partial charge on any atom is -0.258 e. The summed E-state index contributed by atoms with van der Waals surface area (Å²) in [5.74, 6) is 0.441. The zero-order valence-electron chi connectivity index (χ0n) is 7.81. The first kappa shape index (κ1) is 12.7. The number of aromatic nitrogens is 1. The number of thioether (sulfide) groups is 1. The molecule has 1 atom stereocenters. The average molecular weight is 312 g/mol. The molecule has 0 bridgehead atoms. The van der Waals surface area contributed by atoms with E-state index in [9.17, 15) is 10.1 Å². The van der Waals surface area contributed by atoms with Gasteiger partial charge in [0.05, 0.1) is 9.40 Å². The van der Waals surface area contributed by atoms with E-state index in [2.05, 4.69) is 20.9 Å². The summed E-state index contributed by atoms with van der Waals surface area (Å²) in [6, 6.07) is 0. The molecule has 0 aliphatic rings. The van der Waals surface area contributed by atoms with Crippen molar-refractivity contribution in [2.75, 3.05) is 5.88 Å². The Kier molecular flexibility index (Phi) is 4.82. The molecule has 1 rings (SSSR count). The Morgan fingerprint density at radius 3 is 2.93 bits per heavy atom. The second kappa shape index (κ2) is 5.67. The number of hydrogen-bond donors (Lipinski definition) is 0. The van der Waals surface area contributed by atoms with Gasteiger partial charge in [0, 0.05) is 17.3 Å². The fourth-order valence-corrected chi connectivity index (χ4v) is 2.56. The van der Waals surface area contributed by atoms with Crippen LogP contribution in [0.25, 0.3) is 0 Å². The molecule has 0 saturated carbocycles. The van der Waals surface area contributed by atoms with Crippen LogP contribution in [0.2, 0.25) is 0 Å². The predicted octanol–water partition coefficient (Wildman–Crippen LogP) is 3.47. The molecule has 0 amide bonds. The van der Waals surface area contributed by atoms with Crippen LogP contribution < -0.4 is 0 Å². The number of hydrogen-bond acceptors (Lipinski definition) is 4. The van der Waals surface area contributed by atoms with E-state index in [-0.39, 0.29) is 10.9 Å². The molecule has 0 aliphatic heterocycles. The van der Waals surface area contributed by atoms with Crippen LogP contribution in [0.4, 0.5) is 5.69 Å². The Morgan fingerprint density at radius 1 is 1.73 bits per heavy atom. The Balaban J connectivity index is 3.07. The normalized spacial score (nSPS) is 12.5. The second-order valence-electron chi connectivity index (χ2n) is 2.81. The fourth-order valence-electron chi connectivity index (χ4n) is 0.892. The summed E-state index contributed by atoms with van der Waals surface area (Å²) < 4.78 is 0.624. The van der Waals surface area contributed by atoms with Crippen molar-refractivity contribution in [1.82, 2.24) is 4.98 Å². The number of nitro groups is 1. The van der Waals surface area contributed by atoms with E-state index in [1.54, 1.807) is 0 Å². The van der Waals surface area contributed by atoms with Gasteiger partial charge < -0.3 is 0 Å². The van der Waals surface area contributed by atoms with Gasteiger partial charge in [-0.3, -0.25) is 15.1 Å². The summed E-state index contributed by atoms with van der Waals surface area (Å²) in [5.41, 5.74) is 0.00587. The Bertz CT molecular complexity index is 378. The lowest BCUT2D eigenvalue weighted by Crippen LogP contribution is -2.00. The van der Waals surface area contributed by atoms with Crippen LogP contribution in [0.5, 0.6) is 0 Å². The van der Waals surface area contributed by atoms with E-state index in [1.165, 1.54) is 24.2 Å². The summed E-state index contributed by atoms with van der Waals surface area (Å²) in [6.45, 7) is 1.91. The molecule has 0 spiro atoms. The van der Waals surface area contributed by atoms with Gasteiger partial charge in [-0.25, -0.2) is 0 Å². The summed E-state index contributed by atoms with van der Waals surface area (Å²) in [6.07, 6.45) is 2.78. The molecule has 0 aromatic carbocycles. The molecule has 0 fully saturated rings. The van der Waals surface area contributed by atoms with Crippen molar-refractivity contribution >= 4 is 45.0 Å². The van der Waals surface area contributed by atoms with Gasteiger partial charge in [-0.1, -0.05) is 6.92 Å². The minimum atomic E-state index is -0.443. The predicted molar refractivity (Wildman–Crippen MR) is 64.6 cm³/mol. The monoisotopic (exact) mass is 310 g/mol. The van der Waals surface area contributed by atoms with Crippen molar-refractivity contribution in [2.45, 2.75) is 17.1 Å². The highest BCUT2D eigenvalue weighted by molar-refractivity contribution is 9.10. The molecule has 4 nitrogen and oxygen atoms in total. The van der Waals surface area contributed by atoms with Gasteiger partial charge >= 0.3 is 5.69 Å². The maximum absolute atomic E-state index is 10.7. The second-order valence-corrected chi connectivity index (χ2v) is 5.42. The zero-order valence-corrected chi connectivity index (χ0v) is 11.0. The SMILES string of the molecule is CC(CCl)Sc1c(Br)cncc1[N+](=O)[O-]. The molecule has 1 aromatic heterocycles. The number of pyridine rings is 1. The molecule has 82 valence electrons. The zero-order chi connectivity index (χ0) is 11.4. The Hall–Kier alpha value is -0.330. The van der Waals surface area contributed by atoms with Gasteiger partial charge in [-0.2, -0.15) is 0 Å². The van der Waals surface area contributed by atoms with Crippen LogP contribution >= 0.6 is 39.3 Å². The molecule has 0 aliphatic carbocycles. The average Bonchev–Trinajstić information content (AvgIpc) is 2.20. The smallest absolute Gasteiger partial charge is 0.258 e. The molecule has 1 heterocycles. The van der Waals surface area contributed by atoms with Crippen LogP contribution in [-0.2, 0) is 0 Å². The van der Waals surface area contributed by atoms with Gasteiger partial charge in [-0.05, 0) is 15.9 Å². The third-order valence-electron chi connectivity index (χ3n) is 1.57. The maximum Gasteiger partial charge on any atom is 0.302 e. The lowest BCUT2D eigenvalue weighted by atomic mass is 10.4. The topological polar surface area (TPSA) is 56.0 Å². The van der Waals surface area contributed by atoms with Gasteiger partial charge in [-0.15, -0.1) is 23.4 Å². The van der Waals surface area contributed by atoms with Crippen molar-refractivity contribution in [3.63, 3.8) is 0 Å². The third-order valence-corrected chi connectivity index (χ3v) is 4.31. The summed E-state index contributed by atoms with van der Waals surface area (Å²) >= 11 is 10.3. The first-order valence-electron chi connectivity index (χ1n) is 4.06. The molecule has 1 unspecified atom stereocenters. The quantitative estimate of drug-likeness (QED) is 0.370. The summed E-state index contributed by atoms with van der Waals surface area (Å²) in [4.78, 5) is 14.6. The molecular weight excluding hydrogens is 304 g/mol. The lowest BCUT2D eigenvalue weighted by molar-refractivity contribution is -0.388. The minimum absolute atomic E-state index is 0.00587. The highest BCUT2D eigenvalue weighted by Crippen LogP contribution is 2.37. The number of halogens is 2. The maximum atomic E-state index is 10.7. The van der Waals surface area contributed by atoms with Gasteiger partial charge in [0.25, 0.3) is 0 Å². The molecule has 1 aromatic rings. The molecule has 0 radical (unpaired) electrons. The van der Waals surface area contributed by atoms with Gasteiger partial charge in [0.1, 0.15) is 11.1 Å². The molecule has 7 heteroatoms. The van der Waals surface area contributed by atoms with Crippen LogP contribution in [0.3, 0.4) is 0 Å². The standard InChI is InChI=1S/C8H8BrClN2O2S/c1-5(2-10)15-8-6(9)3-11-4-7(8)12(13)14/h3-5H,2H2,1H3. The lowest BCUT2D eigenvalue weighted by Gasteiger charge is -2.08. The van der Waals surface area contributed by atoms with E-state index in [0.29, 0.717) is 15.2 Å². The Labute approximate surface area is 105 Å². The highest BCUT2D eigenvalue weighted by atomic mass is 79.9. The van der Waals surface area contributed by atoms with Crippen molar-refractivity contribution < 1.29 is 4.92 Å². The fraction of sp³-hybridized carbons (Fsp3) is 0.375. The van der Waals surface area contributed by atoms with Gasteiger partial charge in [0.2, 0.25) is 0 Å². The molecular formula is C8H8BrClN2O2S. The van der Waals surface area contributed by atoms with Crippen molar-refractivity contribution in [3.05, 3.63) is 27.0 Å².